The summed E-state index contributed by atoms with van der Waals surface area (Å²) in [6.07, 6.45) is 3.53. The molecule has 0 aliphatic carbocycles. The monoisotopic (exact) mass is 272 g/mol. The van der Waals surface area contributed by atoms with E-state index in [1.165, 1.54) is 16.9 Å². The van der Waals surface area contributed by atoms with Crippen molar-refractivity contribution >= 4 is 10.0 Å². The first kappa shape index (κ1) is 13.5. The highest BCUT2D eigenvalue weighted by molar-refractivity contribution is 7.89. The molecule has 18 heavy (non-hydrogen) atoms. The third kappa shape index (κ3) is 3.09. The first-order valence-corrected chi connectivity index (χ1v) is 7.84. The lowest BCUT2D eigenvalue weighted by molar-refractivity contribution is 0.511. The number of nitrogens with zero attached hydrogens (tertiary/aromatic N) is 2. The molecule has 102 valence electrons. The van der Waals surface area contributed by atoms with E-state index in [1.807, 2.05) is 6.92 Å². The van der Waals surface area contributed by atoms with Gasteiger partial charge in [-0.2, -0.15) is 5.10 Å². The Labute approximate surface area is 108 Å². The van der Waals surface area contributed by atoms with Gasteiger partial charge in [0, 0.05) is 13.1 Å². The average molecular weight is 272 g/mol. The van der Waals surface area contributed by atoms with E-state index in [1.54, 1.807) is 0 Å². The molecule has 2 N–H and O–H groups in total. The largest absolute Gasteiger partial charge is 0.316 e. The molecule has 1 aliphatic rings. The van der Waals surface area contributed by atoms with E-state index in [0.29, 0.717) is 19.0 Å². The molecular weight excluding hydrogens is 252 g/mol. The first-order chi connectivity index (χ1) is 8.63. The minimum atomic E-state index is -3.42. The van der Waals surface area contributed by atoms with Crippen molar-refractivity contribution in [3.8, 4) is 0 Å². The number of nitrogens with one attached hydrogen (secondary N) is 2. The van der Waals surface area contributed by atoms with E-state index in [-0.39, 0.29) is 5.03 Å². The molecule has 6 nitrogen and oxygen atoms in total. The van der Waals surface area contributed by atoms with Crippen LogP contribution in [0, 0.1) is 5.92 Å². The summed E-state index contributed by atoms with van der Waals surface area (Å²) >= 11 is 0. The van der Waals surface area contributed by atoms with Crippen LogP contribution in [0.15, 0.2) is 17.3 Å². The molecule has 1 aromatic heterocycles. The number of hydrogen-bond acceptors (Lipinski definition) is 4. The van der Waals surface area contributed by atoms with E-state index in [2.05, 4.69) is 15.1 Å². The van der Waals surface area contributed by atoms with E-state index < -0.39 is 10.0 Å². The number of sulfonamides is 1. The van der Waals surface area contributed by atoms with Crippen molar-refractivity contribution < 1.29 is 8.42 Å². The lowest BCUT2D eigenvalue weighted by Gasteiger charge is -2.10. The van der Waals surface area contributed by atoms with Crippen LogP contribution in [-0.2, 0) is 16.6 Å². The molecule has 0 saturated carbocycles. The van der Waals surface area contributed by atoms with Crippen LogP contribution in [-0.4, -0.2) is 37.8 Å². The van der Waals surface area contributed by atoms with Gasteiger partial charge in [0.1, 0.15) is 0 Å². The number of rotatable bonds is 6. The van der Waals surface area contributed by atoms with Crippen LogP contribution in [0.2, 0.25) is 0 Å². The number of hydrogen-bond donors (Lipinski definition) is 2. The predicted molar refractivity (Wildman–Crippen MR) is 68.7 cm³/mol. The van der Waals surface area contributed by atoms with Gasteiger partial charge >= 0.3 is 0 Å². The Morgan fingerprint density at radius 3 is 3.11 bits per heavy atom. The summed E-state index contributed by atoms with van der Waals surface area (Å²) in [6.45, 7) is 4.95. The van der Waals surface area contributed by atoms with Crippen molar-refractivity contribution in [3.05, 3.63) is 12.3 Å². The van der Waals surface area contributed by atoms with Gasteiger partial charge in [0.15, 0.2) is 5.03 Å². The normalized spacial score (nSPS) is 20.4. The van der Waals surface area contributed by atoms with Crippen LogP contribution in [0.25, 0.3) is 0 Å². The zero-order valence-electron chi connectivity index (χ0n) is 10.6. The van der Waals surface area contributed by atoms with E-state index >= 15 is 0 Å². The molecule has 1 unspecified atom stereocenters. The summed E-state index contributed by atoms with van der Waals surface area (Å²) in [5, 5.41) is 7.49. The molecule has 1 fully saturated rings. The highest BCUT2D eigenvalue weighted by Crippen LogP contribution is 2.12. The minimum absolute atomic E-state index is 0.245. The quantitative estimate of drug-likeness (QED) is 0.774. The predicted octanol–water partition coefficient (Wildman–Crippen LogP) is 0.181. The average Bonchev–Trinajstić information content (AvgIpc) is 2.99. The molecule has 1 aliphatic heterocycles. The highest BCUT2D eigenvalue weighted by atomic mass is 32.2. The fourth-order valence-electron chi connectivity index (χ4n) is 2.22. The van der Waals surface area contributed by atoms with Gasteiger partial charge in [-0.25, -0.2) is 13.1 Å². The van der Waals surface area contributed by atoms with Crippen molar-refractivity contribution in [3.63, 3.8) is 0 Å². The number of aryl methyl sites for hydroxylation is 1. The summed E-state index contributed by atoms with van der Waals surface area (Å²) in [5.74, 6) is 0.587. The fraction of sp³-hybridized carbons (Fsp3) is 0.727. The maximum atomic E-state index is 12.1. The second kappa shape index (κ2) is 5.81. The van der Waals surface area contributed by atoms with Crippen molar-refractivity contribution in [2.45, 2.75) is 31.3 Å². The van der Waals surface area contributed by atoms with Crippen LogP contribution < -0.4 is 10.0 Å². The van der Waals surface area contributed by atoms with E-state index in [9.17, 15) is 8.42 Å². The van der Waals surface area contributed by atoms with Gasteiger partial charge in [0.2, 0.25) is 0 Å². The number of aromatic nitrogens is 2. The van der Waals surface area contributed by atoms with E-state index in [4.69, 9.17) is 0 Å². The van der Waals surface area contributed by atoms with E-state index in [0.717, 1.165) is 25.9 Å². The van der Waals surface area contributed by atoms with Gasteiger partial charge in [0.05, 0.1) is 6.20 Å². The summed E-state index contributed by atoms with van der Waals surface area (Å²) in [5.41, 5.74) is 0. The van der Waals surface area contributed by atoms with Crippen molar-refractivity contribution in [2.75, 3.05) is 19.6 Å². The maximum absolute atomic E-state index is 12.1. The fourth-order valence-corrected chi connectivity index (χ4v) is 3.45. The van der Waals surface area contributed by atoms with Gasteiger partial charge in [-0.1, -0.05) is 0 Å². The Balaban J connectivity index is 1.91. The molecule has 7 heteroatoms. The summed E-state index contributed by atoms with van der Waals surface area (Å²) in [4.78, 5) is 0. The smallest absolute Gasteiger partial charge is 0.257 e. The third-order valence-corrected chi connectivity index (χ3v) is 4.74. The summed E-state index contributed by atoms with van der Waals surface area (Å²) < 4.78 is 28.3. The third-order valence-electron chi connectivity index (χ3n) is 3.26. The molecule has 1 aromatic rings. The van der Waals surface area contributed by atoms with Crippen LogP contribution >= 0.6 is 0 Å². The lowest BCUT2D eigenvalue weighted by atomic mass is 10.1. The Kier molecular flexibility index (Phi) is 4.36. The molecule has 2 rings (SSSR count). The Morgan fingerprint density at radius 1 is 1.61 bits per heavy atom. The van der Waals surface area contributed by atoms with Gasteiger partial charge in [-0.05, 0) is 44.8 Å². The molecule has 2 heterocycles. The SMILES string of the molecule is CCn1nccc1S(=O)(=O)NCCC1CCNC1. The Bertz CT molecular complexity index is 477. The van der Waals surface area contributed by atoms with Crippen molar-refractivity contribution in [2.24, 2.45) is 5.92 Å². The van der Waals surface area contributed by atoms with Gasteiger partial charge < -0.3 is 5.32 Å². The highest BCUT2D eigenvalue weighted by Gasteiger charge is 2.20. The van der Waals surface area contributed by atoms with Gasteiger partial charge in [0.25, 0.3) is 10.0 Å². The molecule has 1 saturated heterocycles. The molecule has 1 atom stereocenters. The van der Waals surface area contributed by atoms with Gasteiger partial charge in [-0.3, -0.25) is 4.68 Å². The first-order valence-electron chi connectivity index (χ1n) is 6.35. The van der Waals surface area contributed by atoms with Crippen molar-refractivity contribution in [1.29, 1.82) is 0 Å². The standard InChI is InChI=1S/C11H20N4O2S/c1-2-15-11(5-7-13-15)18(16,17)14-8-4-10-3-6-12-9-10/h5,7,10,12,14H,2-4,6,8-9H2,1H3. The maximum Gasteiger partial charge on any atom is 0.257 e. The minimum Gasteiger partial charge on any atom is -0.316 e. The van der Waals surface area contributed by atoms with Crippen LogP contribution in [0.5, 0.6) is 0 Å². The second-order valence-electron chi connectivity index (χ2n) is 4.53. The zero-order chi connectivity index (χ0) is 13.0. The van der Waals surface area contributed by atoms with Crippen LogP contribution in [0.4, 0.5) is 0 Å². The summed E-state index contributed by atoms with van der Waals surface area (Å²) in [6, 6.07) is 1.53. The molecule has 0 amide bonds. The molecule has 0 bridgehead atoms. The molecular formula is C11H20N4O2S. The zero-order valence-corrected chi connectivity index (χ0v) is 11.4. The Morgan fingerprint density at radius 2 is 2.44 bits per heavy atom. The van der Waals surface area contributed by atoms with Crippen LogP contribution in [0.3, 0.4) is 0 Å². The summed E-state index contributed by atoms with van der Waals surface area (Å²) in [7, 11) is -3.42. The topological polar surface area (TPSA) is 76.0 Å². The Hall–Kier alpha value is -0.920. The van der Waals surface area contributed by atoms with Gasteiger partial charge in [-0.15, -0.1) is 0 Å². The van der Waals surface area contributed by atoms with Crippen LogP contribution in [0.1, 0.15) is 19.8 Å². The second-order valence-corrected chi connectivity index (χ2v) is 6.24. The van der Waals surface area contributed by atoms with Crippen molar-refractivity contribution in [1.82, 2.24) is 19.8 Å². The molecule has 0 radical (unpaired) electrons. The molecule has 0 aromatic carbocycles. The lowest BCUT2D eigenvalue weighted by Crippen LogP contribution is -2.28. The molecule has 0 spiro atoms.